The lowest BCUT2D eigenvalue weighted by atomic mass is 9.54. The predicted molar refractivity (Wildman–Crippen MR) is 194 cm³/mol. The van der Waals surface area contributed by atoms with Gasteiger partial charge in [0.1, 0.15) is 11.2 Å². The first-order valence-corrected chi connectivity index (χ1v) is 19.2. The zero-order chi connectivity index (χ0) is 35.7. The van der Waals surface area contributed by atoms with Crippen molar-refractivity contribution in [2.75, 3.05) is 13.1 Å². The van der Waals surface area contributed by atoms with Gasteiger partial charge in [0.2, 0.25) is 0 Å². The van der Waals surface area contributed by atoms with Crippen molar-refractivity contribution in [2.45, 2.75) is 111 Å². The molecule has 1 heterocycles. The number of ether oxygens (including phenoxy) is 2. The Morgan fingerprint density at radius 3 is 1.52 bits per heavy atom. The maximum absolute atomic E-state index is 11.7. The molecule has 4 aliphatic carbocycles. The van der Waals surface area contributed by atoms with Crippen molar-refractivity contribution in [3.8, 4) is 0 Å². The highest BCUT2D eigenvalue weighted by molar-refractivity contribution is 7.97. The Morgan fingerprint density at radius 1 is 0.760 bits per heavy atom. The average Bonchev–Trinajstić information content (AvgIpc) is 3.10. The molecule has 2 N–H and O–H groups in total. The molecule has 1 saturated heterocycles. The van der Waals surface area contributed by atoms with Gasteiger partial charge < -0.3 is 24.6 Å². The molecule has 1 aliphatic heterocycles. The molecule has 0 spiro atoms. The highest BCUT2D eigenvalue weighted by Crippen LogP contribution is 2.57. The largest absolute Gasteiger partial charge is 0.473 e. The normalized spacial score (nSPS) is 23.9. The summed E-state index contributed by atoms with van der Waals surface area (Å²) in [5.74, 6) is -0.550. The third kappa shape index (κ3) is 10.1. The van der Waals surface area contributed by atoms with E-state index in [1.807, 2.05) is 20.8 Å². The molecule has 0 unspecified atom stereocenters. The number of hydrogen-bond acceptors (Lipinski definition) is 6. The number of carbonyl (C=O) groups excluding carboxylic acids is 2. The molecule has 1 amide bonds. The summed E-state index contributed by atoms with van der Waals surface area (Å²) in [7, 11) is -0.0146. The first-order valence-electron chi connectivity index (χ1n) is 18.0. The fraction of sp³-hybridized carbons (Fsp3) is 0.488. The Labute approximate surface area is 299 Å². The van der Waals surface area contributed by atoms with Crippen molar-refractivity contribution >= 4 is 28.9 Å². The maximum atomic E-state index is 11.7. The van der Waals surface area contributed by atoms with Gasteiger partial charge >= 0.3 is 18.0 Å². The number of likely N-dealkylation sites (tertiary alicyclic amines) is 1. The molecule has 8 rings (SSSR count). The Morgan fingerprint density at radius 2 is 1.16 bits per heavy atom. The second-order valence-electron chi connectivity index (χ2n) is 14.7. The van der Waals surface area contributed by atoms with Gasteiger partial charge in [-0.1, -0.05) is 61.5 Å². The SMILES string of the molecule is CCC(C)(C)OC(=O)N1CCC(O)CC1.O=C(O)C(=O)OC12CC3CC(CC(C3)C1)C2.c1ccc([S+](c2ccccc2)c2ccccc2)cc1. The van der Waals surface area contributed by atoms with Crippen LogP contribution in [-0.4, -0.2) is 63.5 Å². The minimum absolute atomic E-state index is 0.0146. The summed E-state index contributed by atoms with van der Waals surface area (Å²) in [6, 6.07) is 32.2. The van der Waals surface area contributed by atoms with Crippen molar-refractivity contribution in [3.63, 3.8) is 0 Å². The van der Waals surface area contributed by atoms with Crippen LogP contribution in [0.1, 0.15) is 78.6 Å². The molecule has 50 heavy (non-hydrogen) atoms. The topological polar surface area (TPSA) is 113 Å². The van der Waals surface area contributed by atoms with Gasteiger partial charge in [0.05, 0.1) is 17.0 Å². The number of aliphatic hydroxyl groups is 1. The first kappa shape index (κ1) is 37.4. The van der Waals surface area contributed by atoms with E-state index in [0.717, 1.165) is 25.7 Å². The summed E-state index contributed by atoms with van der Waals surface area (Å²) in [5.41, 5.74) is -0.822. The number of nitrogens with zero attached hydrogens (tertiary/aromatic N) is 1. The van der Waals surface area contributed by atoms with Gasteiger partial charge in [0.15, 0.2) is 14.7 Å². The molecule has 9 heteroatoms. The van der Waals surface area contributed by atoms with Crippen molar-refractivity contribution in [1.29, 1.82) is 0 Å². The van der Waals surface area contributed by atoms with Gasteiger partial charge in [-0.2, -0.15) is 0 Å². The van der Waals surface area contributed by atoms with Crippen LogP contribution in [0.5, 0.6) is 0 Å². The minimum Gasteiger partial charge on any atom is -0.473 e. The zero-order valence-corrected chi connectivity index (χ0v) is 30.4. The van der Waals surface area contributed by atoms with Crippen molar-refractivity contribution in [3.05, 3.63) is 91.0 Å². The summed E-state index contributed by atoms with van der Waals surface area (Å²) in [4.78, 5) is 39.2. The fourth-order valence-electron chi connectivity index (χ4n) is 7.90. The molecule has 5 fully saturated rings. The van der Waals surface area contributed by atoms with E-state index in [4.69, 9.17) is 14.6 Å². The van der Waals surface area contributed by atoms with Crippen LogP contribution < -0.4 is 0 Å². The maximum Gasteiger partial charge on any atom is 0.417 e. The Balaban J connectivity index is 0.000000147. The van der Waals surface area contributed by atoms with Crippen LogP contribution in [0, 0.1) is 17.8 Å². The highest BCUT2D eigenvalue weighted by atomic mass is 32.2. The van der Waals surface area contributed by atoms with Crippen LogP contribution in [0.4, 0.5) is 4.79 Å². The quantitative estimate of drug-likeness (QED) is 0.152. The van der Waals surface area contributed by atoms with E-state index in [1.165, 1.54) is 33.9 Å². The summed E-state index contributed by atoms with van der Waals surface area (Å²) in [6.45, 7) is 7.00. The number of carboxylic acids is 1. The lowest BCUT2D eigenvalue weighted by Crippen LogP contribution is -2.53. The standard InChI is InChI=1S/C18H15S.C12H16O4.C11H21NO3/c1-4-10-16(11-5-1)19(17-12-6-2-7-13-17)18-14-8-3-9-15-18;13-10(14)11(15)16-12-4-7-1-8(5-12)3-9(2-7)6-12;1-4-11(2,3)15-10(14)12-7-5-9(13)6-8-12/h1-15H;7-9H,1-6H2,(H,13,14);9,13H,4-8H2,1-3H3/q+1;;. The predicted octanol–water partition coefficient (Wildman–Crippen LogP) is 8.13. The second kappa shape index (κ2) is 16.9. The molecule has 0 aromatic heterocycles. The lowest BCUT2D eigenvalue weighted by Gasteiger charge is -2.55. The molecular formula is C41H52NO7S+. The van der Waals surface area contributed by atoms with E-state index >= 15 is 0 Å². The summed E-state index contributed by atoms with van der Waals surface area (Å²) >= 11 is 0. The molecule has 268 valence electrons. The summed E-state index contributed by atoms with van der Waals surface area (Å²) in [6.07, 6.45) is 8.02. The molecule has 4 bridgehead atoms. The molecule has 0 atom stereocenters. The van der Waals surface area contributed by atoms with Crippen LogP contribution >= 0.6 is 0 Å². The van der Waals surface area contributed by atoms with E-state index in [9.17, 15) is 19.5 Å². The molecule has 4 saturated carbocycles. The summed E-state index contributed by atoms with van der Waals surface area (Å²) < 4.78 is 10.6. The third-order valence-electron chi connectivity index (χ3n) is 10.3. The van der Waals surface area contributed by atoms with Gasteiger partial charge in [-0.15, -0.1) is 0 Å². The number of aliphatic hydroxyl groups excluding tert-OH is 1. The van der Waals surface area contributed by atoms with Crippen LogP contribution in [0.25, 0.3) is 0 Å². The number of carboxylic acid groups (broad SMARTS) is 1. The number of hydrogen-bond donors (Lipinski definition) is 2. The van der Waals surface area contributed by atoms with Gasteiger partial charge in [-0.05, 0) is 126 Å². The monoisotopic (exact) mass is 702 g/mol. The Bertz CT molecular complexity index is 1410. The van der Waals surface area contributed by atoms with Gasteiger partial charge in [-0.3, -0.25) is 0 Å². The number of amides is 1. The van der Waals surface area contributed by atoms with Crippen LogP contribution in [0.15, 0.2) is 106 Å². The average molecular weight is 703 g/mol. The number of rotatable bonds is 6. The molecule has 8 nitrogen and oxygen atoms in total. The number of benzene rings is 3. The molecular weight excluding hydrogens is 651 g/mol. The number of piperidine rings is 1. The minimum atomic E-state index is -1.46. The highest BCUT2D eigenvalue weighted by Gasteiger charge is 2.53. The number of carbonyl (C=O) groups is 3. The first-order chi connectivity index (χ1) is 24.0. The Kier molecular flexibility index (Phi) is 12.7. The molecule has 5 aliphatic rings. The second-order valence-corrected chi connectivity index (χ2v) is 16.8. The van der Waals surface area contributed by atoms with Gasteiger partial charge in [0, 0.05) is 13.1 Å². The van der Waals surface area contributed by atoms with Crippen LogP contribution in [0.2, 0.25) is 0 Å². The molecule has 3 aromatic carbocycles. The van der Waals surface area contributed by atoms with Crippen molar-refractivity contribution in [2.24, 2.45) is 17.8 Å². The molecule has 3 aromatic rings. The number of aliphatic carboxylic acids is 1. The zero-order valence-electron chi connectivity index (χ0n) is 29.5. The van der Waals surface area contributed by atoms with Gasteiger partial charge in [0.25, 0.3) is 0 Å². The summed E-state index contributed by atoms with van der Waals surface area (Å²) in [5, 5.41) is 17.9. The van der Waals surface area contributed by atoms with Crippen molar-refractivity contribution in [1.82, 2.24) is 4.90 Å². The van der Waals surface area contributed by atoms with Crippen LogP contribution in [-0.2, 0) is 30.0 Å². The van der Waals surface area contributed by atoms with E-state index in [2.05, 4.69) is 91.0 Å². The van der Waals surface area contributed by atoms with E-state index in [0.29, 0.717) is 43.7 Å². The lowest BCUT2D eigenvalue weighted by molar-refractivity contribution is -0.193. The number of esters is 1. The van der Waals surface area contributed by atoms with E-state index in [-0.39, 0.29) is 23.1 Å². The van der Waals surface area contributed by atoms with E-state index in [1.54, 1.807) is 4.90 Å². The van der Waals surface area contributed by atoms with Gasteiger partial charge in [-0.25, -0.2) is 14.4 Å². The fourth-order valence-corrected chi connectivity index (χ4v) is 10.0. The van der Waals surface area contributed by atoms with Crippen molar-refractivity contribution < 1.29 is 34.1 Å². The van der Waals surface area contributed by atoms with E-state index < -0.39 is 23.1 Å². The smallest absolute Gasteiger partial charge is 0.417 e. The molecule has 0 radical (unpaired) electrons. The Hall–Kier alpha value is -3.82. The third-order valence-corrected chi connectivity index (χ3v) is 12.6. The van der Waals surface area contributed by atoms with Crippen LogP contribution in [0.3, 0.4) is 0 Å².